The number of anilines is 1. The Balaban J connectivity index is 2.30. The summed E-state index contributed by atoms with van der Waals surface area (Å²) in [6.45, 7) is 0. The van der Waals surface area contributed by atoms with Gasteiger partial charge < -0.3 is 4.90 Å². The average molecular weight is 337 g/mol. The van der Waals surface area contributed by atoms with Crippen LogP contribution in [0.15, 0.2) is 54.6 Å². The molecule has 86 valence electrons. The van der Waals surface area contributed by atoms with Crippen molar-refractivity contribution in [1.82, 2.24) is 0 Å². The lowest BCUT2D eigenvalue weighted by molar-refractivity contribution is 0.0992. The van der Waals surface area contributed by atoms with Gasteiger partial charge in [0.2, 0.25) is 0 Å². The fourth-order valence-electron chi connectivity index (χ4n) is 1.58. The number of halogens is 1. The lowest BCUT2D eigenvalue weighted by atomic mass is 10.2. The van der Waals surface area contributed by atoms with Gasteiger partial charge in [-0.2, -0.15) is 0 Å². The molecule has 2 nitrogen and oxygen atoms in total. The van der Waals surface area contributed by atoms with Crippen LogP contribution < -0.4 is 4.90 Å². The van der Waals surface area contributed by atoms with Gasteiger partial charge >= 0.3 is 0 Å². The maximum atomic E-state index is 12.3. The summed E-state index contributed by atoms with van der Waals surface area (Å²) < 4.78 is 0.970. The topological polar surface area (TPSA) is 20.3 Å². The second-order valence-corrected chi connectivity index (χ2v) is 4.84. The van der Waals surface area contributed by atoms with Gasteiger partial charge in [-0.15, -0.1) is 0 Å². The minimum Gasteiger partial charge on any atom is -0.311 e. The lowest BCUT2D eigenvalue weighted by Gasteiger charge is -2.17. The number of carbonyl (C=O) groups excluding carboxylic acids is 1. The Bertz CT molecular complexity index is 525. The van der Waals surface area contributed by atoms with E-state index in [-0.39, 0.29) is 5.91 Å². The number of hydrogen-bond acceptors (Lipinski definition) is 1. The maximum Gasteiger partial charge on any atom is 0.259 e. The highest BCUT2D eigenvalue weighted by atomic mass is 127. The summed E-state index contributed by atoms with van der Waals surface area (Å²) in [6.07, 6.45) is 0. The molecule has 0 fully saturated rings. The molecular formula is C14H12INO. The summed E-state index contributed by atoms with van der Waals surface area (Å²) in [6, 6.07) is 17.2. The molecule has 0 bridgehead atoms. The first-order valence-electron chi connectivity index (χ1n) is 5.28. The number of benzene rings is 2. The fraction of sp³-hybridized carbons (Fsp3) is 0.0714. The Labute approximate surface area is 114 Å². The quantitative estimate of drug-likeness (QED) is 0.768. The van der Waals surface area contributed by atoms with E-state index in [2.05, 4.69) is 22.6 Å². The molecule has 0 saturated carbocycles. The average Bonchev–Trinajstić information content (AvgIpc) is 2.39. The second kappa shape index (κ2) is 5.31. The van der Waals surface area contributed by atoms with Crippen molar-refractivity contribution in [3.8, 4) is 0 Å². The van der Waals surface area contributed by atoms with Crippen LogP contribution in [0.25, 0.3) is 0 Å². The maximum absolute atomic E-state index is 12.3. The van der Waals surface area contributed by atoms with E-state index in [1.165, 1.54) is 0 Å². The van der Waals surface area contributed by atoms with Crippen molar-refractivity contribution in [1.29, 1.82) is 0 Å². The van der Waals surface area contributed by atoms with Gasteiger partial charge in [-0.05, 0) is 46.9 Å². The zero-order chi connectivity index (χ0) is 12.3. The third-order valence-electron chi connectivity index (χ3n) is 2.55. The van der Waals surface area contributed by atoms with Crippen molar-refractivity contribution >= 4 is 34.2 Å². The molecule has 0 unspecified atom stereocenters. The van der Waals surface area contributed by atoms with Gasteiger partial charge in [0.25, 0.3) is 5.91 Å². The van der Waals surface area contributed by atoms with E-state index in [1.807, 2.05) is 54.6 Å². The minimum absolute atomic E-state index is 0.0150. The molecule has 0 aliphatic carbocycles. The van der Waals surface area contributed by atoms with Crippen LogP contribution in [0.4, 0.5) is 5.69 Å². The first-order valence-corrected chi connectivity index (χ1v) is 6.35. The first kappa shape index (κ1) is 12.1. The largest absolute Gasteiger partial charge is 0.311 e. The summed E-state index contributed by atoms with van der Waals surface area (Å²) in [5, 5.41) is 0. The predicted molar refractivity (Wildman–Crippen MR) is 78.3 cm³/mol. The molecule has 0 aliphatic rings. The molecule has 0 N–H and O–H groups in total. The third kappa shape index (κ3) is 2.66. The highest BCUT2D eigenvalue weighted by Crippen LogP contribution is 2.18. The molecule has 0 atom stereocenters. The third-order valence-corrected chi connectivity index (χ3v) is 3.49. The smallest absolute Gasteiger partial charge is 0.259 e. The molecule has 0 aliphatic heterocycles. The van der Waals surface area contributed by atoms with Crippen LogP contribution in [0.3, 0.4) is 0 Å². The van der Waals surface area contributed by atoms with Gasteiger partial charge in [0, 0.05) is 16.3 Å². The van der Waals surface area contributed by atoms with E-state index >= 15 is 0 Å². The van der Waals surface area contributed by atoms with Crippen molar-refractivity contribution in [2.75, 3.05) is 11.9 Å². The molecule has 2 rings (SSSR count). The van der Waals surface area contributed by atoms with E-state index in [9.17, 15) is 4.79 Å². The highest BCUT2D eigenvalue weighted by Gasteiger charge is 2.15. The number of rotatable bonds is 2. The van der Waals surface area contributed by atoms with Gasteiger partial charge in [-0.3, -0.25) is 4.79 Å². The second-order valence-electron chi connectivity index (χ2n) is 3.68. The molecule has 0 saturated heterocycles. The lowest BCUT2D eigenvalue weighted by Crippen LogP contribution is -2.26. The number of hydrogen-bond donors (Lipinski definition) is 0. The summed E-state index contributed by atoms with van der Waals surface area (Å²) in [5.41, 5.74) is 1.64. The number of nitrogens with zero attached hydrogens (tertiary/aromatic N) is 1. The van der Waals surface area contributed by atoms with Crippen LogP contribution >= 0.6 is 22.6 Å². The van der Waals surface area contributed by atoms with Crippen LogP contribution in [-0.2, 0) is 0 Å². The van der Waals surface area contributed by atoms with Crippen LogP contribution in [-0.4, -0.2) is 13.0 Å². The van der Waals surface area contributed by atoms with Crippen molar-refractivity contribution < 1.29 is 4.79 Å². The van der Waals surface area contributed by atoms with Crippen LogP contribution in [0.5, 0.6) is 0 Å². The Hall–Kier alpha value is -1.36. The molecule has 0 aromatic heterocycles. The standard InChI is InChI=1S/C14H12INO/c1-16(11-7-3-2-4-8-11)14(17)12-9-5-6-10-13(12)15/h2-10H,1H3. The van der Waals surface area contributed by atoms with Gasteiger partial charge in [0.1, 0.15) is 0 Å². The van der Waals surface area contributed by atoms with E-state index in [0.29, 0.717) is 0 Å². The van der Waals surface area contributed by atoms with Gasteiger partial charge in [-0.1, -0.05) is 30.3 Å². The molecule has 2 aromatic carbocycles. The molecule has 1 amide bonds. The zero-order valence-corrected chi connectivity index (χ0v) is 11.6. The van der Waals surface area contributed by atoms with Crippen molar-refractivity contribution in [3.05, 3.63) is 63.7 Å². The normalized spacial score (nSPS) is 10.0. The molecule has 2 aromatic rings. The number of carbonyl (C=O) groups is 1. The Morgan fingerprint density at radius 3 is 2.24 bits per heavy atom. The number of amides is 1. The summed E-state index contributed by atoms with van der Waals surface area (Å²) in [5.74, 6) is 0.0150. The minimum atomic E-state index is 0.0150. The molecular weight excluding hydrogens is 325 g/mol. The highest BCUT2D eigenvalue weighted by molar-refractivity contribution is 14.1. The fourth-order valence-corrected chi connectivity index (χ4v) is 2.20. The Morgan fingerprint density at radius 2 is 1.59 bits per heavy atom. The Kier molecular flexibility index (Phi) is 3.78. The first-order chi connectivity index (χ1) is 8.20. The molecule has 17 heavy (non-hydrogen) atoms. The van der Waals surface area contributed by atoms with Gasteiger partial charge in [-0.25, -0.2) is 0 Å². The van der Waals surface area contributed by atoms with Crippen molar-refractivity contribution in [3.63, 3.8) is 0 Å². The monoisotopic (exact) mass is 337 g/mol. The van der Waals surface area contributed by atoms with Gasteiger partial charge in [0.15, 0.2) is 0 Å². The van der Waals surface area contributed by atoms with Crippen molar-refractivity contribution in [2.24, 2.45) is 0 Å². The zero-order valence-electron chi connectivity index (χ0n) is 9.43. The molecule has 0 radical (unpaired) electrons. The molecule has 0 spiro atoms. The molecule has 0 heterocycles. The SMILES string of the molecule is CN(C(=O)c1ccccc1I)c1ccccc1. The van der Waals surface area contributed by atoms with Crippen molar-refractivity contribution in [2.45, 2.75) is 0 Å². The summed E-state index contributed by atoms with van der Waals surface area (Å²) in [7, 11) is 1.79. The van der Waals surface area contributed by atoms with Crippen LogP contribution in [0.2, 0.25) is 0 Å². The van der Waals surface area contributed by atoms with Crippen LogP contribution in [0, 0.1) is 3.57 Å². The summed E-state index contributed by atoms with van der Waals surface area (Å²) >= 11 is 2.18. The summed E-state index contributed by atoms with van der Waals surface area (Å²) in [4.78, 5) is 14.0. The number of para-hydroxylation sites is 1. The van der Waals surface area contributed by atoms with Crippen LogP contribution in [0.1, 0.15) is 10.4 Å². The van der Waals surface area contributed by atoms with E-state index in [1.54, 1.807) is 11.9 Å². The molecule has 3 heteroatoms. The van der Waals surface area contributed by atoms with E-state index in [4.69, 9.17) is 0 Å². The van der Waals surface area contributed by atoms with E-state index < -0.39 is 0 Å². The van der Waals surface area contributed by atoms with Gasteiger partial charge in [0.05, 0.1) is 5.56 Å². The predicted octanol–water partition coefficient (Wildman–Crippen LogP) is 3.57. The Morgan fingerprint density at radius 1 is 1.00 bits per heavy atom. The van der Waals surface area contributed by atoms with E-state index in [0.717, 1.165) is 14.8 Å².